The maximum Gasteiger partial charge on any atom is 0.329 e. The highest BCUT2D eigenvalue weighted by molar-refractivity contribution is 6.42. The van der Waals surface area contributed by atoms with E-state index in [0.717, 1.165) is 5.56 Å². The van der Waals surface area contributed by atoms with Gasteiger partial charge in [-0.05, 0) is 43.0 Å². The number of likely N-dealkylation sites (tertiary alicyclic amines) is 1. The van der Waals surface area contributed by atoms with Gasteiger partial charge in [0.1, 0.15) is 12.6 Å². The van der Waals surface area contributed by atoms with Gasteiger partial charge in [-0.3, -0.25) is 9.59 Å². The summed E-state index contributed by atoms with van der Waals surface area (Å²) in [4.78, 5) is 38.8. The lowest BCUT2D eigenvalue weighted by Crippen LogP contribution is -2.47. The van der Waals surface area contributed by atoms with E-state index in [9.17, 15) is 14.4 Å². The van der Waals surface area contributed by atoms with Crippen LogP contribution in [0.15, 0.2) is 24.3 Å². The van der Waals surface area contributed by atoms with Crippen molar-refractivity contribution >= 4 is 46.9 Å². The van der Waals surface area contributed by atoms with Crippen LogP contribution in [0.1, 0.15) is 45.6 Å². The third kappa shape index (κ3) is 5.36. The van der Waals surface area contributed by atoms with Gasteiger partial charge >= 0.3 is 5.97 Å². The summed E-state index contributed by atoms with van der Waals surface area (Å²) >= 11 is 11.8. The minimum atomic E-state index is -0.739. The molecule has 1 saturated heterocycles. The quantitative estimate of drug-likeness (QED) is 0.474. The maximum atomic E-state index is 12.6. The van der Waals surface area contributed by atoms with Crippen LogP contribution in [0, 0.1) is 5.41 Å². The van der Waals surface area contributed by atoms with Crippen LogP contribution in [0.5, 0.6) is 0 Å². The van der Waals surface area contributed by atoms with Crippen LogP contribution < -0.4 is 0 Å². The summed E-state index contributed by atoms with van der Waals surface area (Å²) in [6, 6.07) is 4.49. The van der Waals surface area contributed by atoms with Crippen LogP contribution in [0.25, 0.3) is 6.08 Å². The van der Waals surface area contributed by atoms with Gasteiger partial charge in [-0.25, -0.2) is 4.79 Å². The molecule has 0 aromatic heterocycles. The fourth-order valence-corrected chi connectivity index (χ4v) is 3.17. The molecule has 28 heavy (non-hydrogen) atoms. The van der Waals surface area contributed by atoms with Crippen LogP contribution in [-0.4, -0.2) is 41.8 Å². The normalized spacial score (nSPS) is 17.2. The lowest BCUT2D eigenvalue weighted by Gasteiger charge is -2.27. The van der Waals surface area contributed by atoms with Crippen molar-refractivity contribution < 1.29 is 19.1 Å². The second-order valence-electron chi connectivity index (χ2n) is 7.43. The monoisotopic (exact) mass is 425 g/mol. The Morgan fingerprint density at radius 1 is 1.25 bits per heavy atom. The van der Waals surface area contributed by atoms with Gasteiger partial charge < -0.3 is 9.64 Å². The number of hydrogen-bond acceptors (Lipinski definition) is 4. The van der Waals surface area contributed by atoms with Gasteiger partial charge in [-0.1, -0.05) is 56.1 Å². The average molecular weight is 426 g/mol. The second-order valence-corrected chi connectivity index (χ2v) is 8.24. The van der Waals surface area contributed by atoms with Gasteiger partial charge in [-0.2, -0.15) is 0 Å². The molecule has 1 amide bonds. The minimum absolute atomic E-state index is 0.0615. The number of carbonyl (C=O) groups is 3. The topological polar surface area (TPSA) is 63.7 Å². The van der Waals surface area contributed by atoms with Crippen molar-refractivity contribution in [2.45, 2.75) is 46.1 Å². The van der Waals surface area contributed by atoms with E-state index < -0.39 is 29.1 Å². The van der Waals surface area contributed by atoms with Crippen molar-refractivity contribution in [2.24, 2.45) is 5.41 Å². The minimum Gasteiger partial charge on any atom is -0.460 e. The highest BCUT2D eigenvalue weighted by Gasteiger charge is 2.41. The Morgan fingerprint density at radius 3 is 2.61 bits per heavy atom. The van der Waals surface area contributed by atoms with Crippen molar-refractivity contribution in [2.75, 3.05) is 13.2 Å². The van der Waals surface area contributed by atoms with E-state index in [0.29, 0.717) is 35.9 Å². The molecule has 0 unspecified atom stereocenters. The number of halogens is 2. The summed E-state index contributed by atoms with van der Waals surface area (Å²) in [5.74, 6) is -1.56. The molecule has 5 nitrogen and oxygen atoms in total. The number of Topliss-reactive ketones (excluding diaryl/α,β-unsaturated/α-hetero) is 1. The first-order chi connectivity index (χ1) is 13.2. The smallest absolute Gasteiger partial charge is 0.329 e. The highest BCUT2D eigenvalue weighted by Crippen LogP contribution is 2.26. The largest absolute Gasteiger partial charge is 0.460 e. The molecule has 152 valence electrons. The number of amides is 1. The summed E-state index contributed by atoms with van der Waals surface area (Å²) in [5.41, 5.74) is 0.0898. The molecule has 1 aromatic rings. The molecular formula is C21H25Cl2NO4. The third-order valence-corrected chi connectivity index (χ3v) is 5.79. The molecular weight excluding hydrogens is 401 g/mol. The fraction of sp³-hybridized carbons (Fsp3) is 0.476. The van der Waals surface area contributed by atoms with E-state index >= 15 is 0 Å². The Bertz CT molecular complexity index is 789. The zero-order chi connectivity index (χ0) is 20.9. The molecule has 1 aromatic carbocycles. The van der Waals surface area contributed by atoms with Crippen molar-refractivity contribution in [1.29, 1.82) is 0 Å². The molecule has 0 radical (unpaired) electrons. The van der Waals surface area contributed by atoms with Gasteiger partial charge in [-0.15, -0.1) is 0 Å². The van der Waals surface area contributed by atoms with Crippen LogP contribution >= 0.6 is 23.2 Å². The van der Waals surface area contributed by atoms with Gasteiger partial charge in [0, 0.05) is 12.0 Å². The molecule has 0 spiro atoms. The molecule has 1 aliphatic heterocycles. The molecule has 0 aliphatic carbocycles. The zero-order valence-corrected chi connectivity index (χ0v) is 17.8. The highest BCUT2D eigenvalue weighted by atomic mass is 35.5. The van der Waals surface area contributed by atoms with E-state index in [-0.39, 0.29) is 6.61 Å². The number of benzene rings is 1. The number of esters is 1. The molecule has 7 heteroatoms. The van der Waals surface area contributed by atoms with Crippen molar-refractivity contribution in [3.05, 3.63) is 39.9 Å². The van der Waals surface area contributed by atoms with Gasteiger partial charge in [0.05, 0.1) is 10.0 Å². The Labute approximate surface area is 175 Å². The van der Waals surface area contributed by atoms with E-state index in [4.69, 9.17) is 27.9 Å². The van der Waals surface area contributed by atoms with Gasteiger partial charge in [0.25, 0.3) is 5.91 Å². The van der Waals surface area contributed by atoms with Crippen LogP contribution in [0.3, 0.4) is 0 Å². The number of carbonyl (C=O) groups excluding carboxylic acids is 3. The molecule has 1 fully saturated rings. The number of hydrogen-bond donors (Lipinski definition) is 0. The first kappa shape index (κ1) is 22.4. The second kappa shape index (κ2) is 9.57. The summed E-state index contributed by atoms with van der Waals surface area (Å²) in [6.45, 7) is 5.80. The Balaban J connectivity index is 1.93. The molecule has 0 saturated carbocycles. The number of rotatable bonds is 7. The molecule has 1 aliphatic rings. The maximum absolute atomic E-state index is 12.6. The summed E-state index contributed by atoms with van der Waals surface area (Å²) in [7, 11) is 0. The van der Waals surface area contributed by atoms with Crippen molar-refractivity contribution in [3.8, 4) is 0 Å². The Hall–Kier alpha value is -1.85. The standard InChI is InChI=1S/C21H25Cl2NO4/c1-4-21(2,3)18(25)19(26)24-11-5-8-17(24)20(27)28-12-6-7-14-9-10-15(22)16(23)13-14/h6-7,9-10,13,17H,4-5,8,11-12H2,1-3H3/t17-/m0/s1. The number of nitrogens with zero attached hydrogens (tertiary/aromatic N) is 1. The fourth-order valence-electron chi connectivity index (χ4n) is 2.86. The Morgan fingerprint density at radius 2 is 1.96 bits per heavy atom. The SMILES string of the molecule is CCC(C)(C)C(=O)C(=O)N1CCC[C@H]1C(=O)OCC=Cc1ccc(Cl)c(Cl)c1. The summed E-state index contributed by atoms with van der Waals surface area (Å²) < 4.78 is 5.28. The first-order valence-corrected chi connectivity index (χ1v) is 10.1. The van der Waals surface area contributed by atoms with E-state index in [2.05, 4.69) is 0 Å². The predicted octanol–water partition coefficient (Wildman–Crippen LogP) is 4.55. The lowest BCUT2D eigenvalue weighted by molar-refractivity contribution is -0.156. The Kier molecular flexibility index (Phi) is 7.67. The molecule has 1 atom stereocenters. The van der Waals surface area contributed by atoms with Crippen LogP contribution in [0.2, 0.25) is 10.0 Å². The van der Waals surface area contributed by atoms with E-state index in [1.165, 1.54) is 4.90 Å². The lowest BCUT2D eigenvalue weighted by atomic mass is 9.84. The summed E-state index contributed by atoms with van der Waals surface area (Å²) in [6.07, 6.45) is 5.18. The molecule has 1 heterocycles. The van der Waals surface area contributed by atoms with Gasteiger partial charge in [0.2, 0.25) is 5.78 Å². The molecule has 0 bridgehead atoms. The molecule has 0 N–H and O–H groups in total. The van der Waals surface area contributed by atoms with Crippen LogP contribution in [-0.2, 0) is 19.1 Å². The third-order valence-electron chi connectivity index (χ3n) is 5.05. The van der Waals surface area contributed by atoms with Gasteiger partial charge in [0.15, 0.2) is 0 Å². The van der Waals surface area contributed by atoms with E-state index in [1.54, 1.807) is 44.2 Å². The predicted molar refractivity (Wildman–Crippen MR) is 110 cm³/mol. The van der Waals surface area contributed by atoms with Crippen molar-refractivity contribution in [3.63, 3.8) is 0 Å². The zero-order valence-electron chi connectivity index (χ0n) is 16.3. The van der Waals surface area contributed by atoms with Crippen molar-refractivity contribution in [1.82, 2.24) is 4.90 Å². The number of ketones is 1. The van der Waals surface area contributed by atoms with E-state index in [1.807, 2.05) is 6.92 Å². The summed E-state index contributed by atoms with van der Waals surface area (Å²) in [5, 5.41) is 0.914. The van der Waals surface area contributed by atoms with Crippen LogP contribution in [0.4, 0.5) is 0 Å². The average Bonchev–Trinajstić information content (AvgIpc) is 3.16. The first-order valence-electron chi connectivity index (χ1n) is 9.31. The molecule has 2 rings (SSSR count). The number of ether oxygens (including phenoxy) is 1.